The highest BCUT2D eigenvalue weighted by Gasteiger charge is 2.20. The SMILES string of the molecule is Cc1c(Br)c(Br)c(CCc2c(Br)c(Br)c(Br)c(Br)c2Br)c(Br)c1Br. The molecule has 0 bridgehead atoms. The molecule has 0 fully saturated rings. The lowest BCUT2D eigenvalue weighted by molar-refractivity contribution is 0.929. The molecule has 0 atom stereocenters. The van der Waals surface area contributed by atoms with Crippen LogP contribution in [0.5, 0.6) is 0 Å². The predicted molar refractivity (Wildman–Crippen MR) is 134 cm³/mol. The fourth-order valence-corrected chi connectivity index (χ4v) is 8.45. The van der Waals surface area contributed by atoms with Crippen LogP contribution in [0.3, 0.4) is 0 Å². The van der Waals surface area contributed by atoms with Gasteiger partial charge in [0, 0.05) is 40.3 Å². The molecule has 0 aromatic heterocycles. The lowest BCUT2D eigenvalue weighted by Crippen LogP contribution is -2.00. The van der Waals surface area contributed by atoms with Crippen molar-refractivity contribution in [2.75, 3.05) is 0 Å². The van der Waals surface area contributed by atoms with Crippen LogP contribution < -0.4 is 0 Å². The number of hydrogen-bond acceptors (Lipinski definition) is 0. The van der Waals surface area contributed by atoms with Crippen molar-refractivity contribution >= 4 is 143 Å². The van der Waals surface area contributed by atoms with Gasteiger partial charge in [-0.2, -0.15) is 0 Å². The quantitative estimate of drug-likeness (QED) is 0.213. The second-order valence-electron chi connectivity index (χ2n) is 4.91. The van der Waals surface area contributed by atoms with Gasteiger partial charge in [-0.05, 0) is 180 Å². The third kappa shape index (κ3) is 4.50. The minimum atomic E-state index is 0.866. The largest absolute Gasteiger partial charge is 0.0493 e. The maximum atomic E-state index is 3.72. The van der Waals surface area contributed by atoms with Gasteiger partial charge in [-0.3, -0.25) is 0 Å². The molecule has 0 saturated heterocycles. The topological polar surface area (TPSA) is 0 Å². The lowest BCUT2D eigenvalue weighted by Gasteiger charge is -2.17. The number of benzene rings is 2. The van der Waals surface area contributed by atoms with Gasteiger partial charge in [0.2, 0.25) is 0 Å². The van der Waals surface area contributed by atoms with Gasteiger partial charge in [0.1, 0.15) is 0 Å². The first-order chi connectivity index (χ1) is 11.1. The van der Waals surface area contributed by atoms with Gasteiger partial charge in [0.05, 0.1) is 0 Å². The molecule has 2 aromatic carbocycles. The summed E-state index contributed by atoms with van der Waals surface area (Å²) in [4.78, 5) is 0. The fourth-order valence-electron chi connectivity index (χ4n) is 2.13. The Morgan fingerprint density at radius 1 is 0.417 bits per heavy atom. The van der Waals surface area contributed by atoms with Crippen LogP contribution in [0, 0.1) is 6.92 Å². The molecule has 2 aromatic rings. The zero-order valence-electron chi connectivity index (χ0n) is 11.8. The Labute approximate surface area is 216 Å². The molecular formula is C15H7Br9. The van der Waals surface area contributed by atoms with Crippen molar-refractivity contribution < 1.29 is 0 Å². The summed E-state index contributed by atoms with van der Waals surface area (Å²) in [5, 5.41) is 0. The van der Waals surface area contributed by atoms with Gasteiger partial charge in [-0.15, -0.1) is 0 Å². The minimum absolute atomic E-state index is 0.866. The zero-order chi connectivity index (χ0) is 18.3. The van der Waals surface area contributed by atoms with E-state index in [1.165, 1.54) is 11.1 Å². The van der Waals surface area contributed by atoms with Gasteiger partial charge < -0.3 is 0 Å². The summed E-state index contributed by atoms with van der Waals surface area (Å²) in [6.07, 6.45) is 1.74. The van der Waals surface area contributed by atoms with Crippen molar-refractivity contribution in [2.24, 2.45) is 0 Å². The van der Waals surface area contributed by atoms with Gasteiger partial charge in [-0.25, -0.2) is 0 Å². The molecule has 2 rings (SSSR count). The number of hydrogen-bond donors (Lipinski definition) is 0. The van der Waals surface area contributed by atoms with Crippen molar-refractivity contribution in [1.29, 1.82) is 0 Å². The van der Waals surface area contributed by atoms with E-state index in [1.54, 1.807) is 0 Å². The highest BCUT2D eigenvalue weighted by molar-refractivity contribution is 9.16. The lowest BCUT2D eigenvalue weighted by atomic mass is 10.0. The monoisotopic (exact) mass is 897 g/mol. The second kappa shape index (κ2) is 9.51. The van der Waals surface area contributed by atoms with Crippen LogP contribution in [0.1, 0.15) is 16.7 Å². The van der Waals surface area contributed by atoms with E-state index in [4.69, 9.17) is 0 Å². The zero-order valence-corrected chi connectivity index (χ0v) is 26.1. The molecule has 0 amide bonds. The van der Waals surface area contributed by atoms with Crippen LogP contribution in [0.25, 0.3) is 0 Å². The fraction of sp³-hybridized carbons (Fsp3) is 0.200. The van der Waals surface area contributed by atoms with E-state index in [-0.39, 0.29) is 0 Å². The molecule has 24 heavy (non-hydrogen) atoms. The molecule has 0 aliphatic rings. The van der Waals surface area contributed by atoms with Gasteiger partial charge in [0.25, 0.3) is 0 Å². The average molecular weight is 906 g/mol. The van der Waals surface area contributed by atoms with Crippen LogP contribution in [-0.2, 0) is 12.8 Å². The Morgan fingerprint density at radius 2 is 0.667 bits per heavy atom. The highest BCUT2D eigenvalue weighted by Crippen LogP contribution is 2.46. The van der Waals surface area contributed by atoms with Crippen molar-refractivity contribution in [3.8, 4) is 0 Å². The maximum Gasteiger partial charge on any atom is 0.0482 e. The summed E-state index contributed by atoms with van der Waals surface area (Å²) in [7, 11) is 0. The standard InChI is InChI=1S/C15H7Br9/c1-4-7(16)9(18)5(10(19)8(4)17)2-3-6-11(20)13(22)15(24)14(23)12(6)21/h2-3H2,1H3. The van der Waals surface area contributed by atoms with E-state index in [9.17, 15) is 0 Å². The molecule has 0 N–H and O–H groups in total. The van der Waals surface area contributed by atoms with Crippen molar-refractivity contribution in [3.05, 3.63) is 56.9 Å². The first kappa shape index (κ1) is 23.0. The predicted octanol–water partition coefficient (Wildman–Crippen LogP) is 10.6. The summed E-state index contributed by atoms with van der Waals surface area (Å²) in [6.45, 7) is 2.07. The summed E-state index contributed by atoms with van der Waals surface area (Å²) in [6, 6.07) is 0. The summed E-state index contributed by atoms with van der Waals surface area (Å²) in [5.74, 6) is 0. The van der Waals surface area contributed by atoms with Crippen LogP contribution in [0.15, 0.2) is 40.3 Å². The Morgan fingerprint density at radius 3 is 1.00 bits per heavy atom. The summed E-state index contributed by atoms with van der Waals surface area (Å²) in [5.41, 5.74) is 3.57. The Hall–Kier alpha value is 2.76. The summed E-state index contributed by atoms with van der Waals surface area (Å²) < 4.78 is 9.37. The number of rotatable bonds is 3. The van der Waals surface area contributed by atoms with E-state index in [0.29, 0.717) is 0 Å². The molecule has 0 saturated carbocycles. The normalized spacial score (nSPS) is 11.2. The van der Waals surface area contributed by atoms with Gasteiger partial charge in [0.15, 0.2) is 0 Å². The molecule has 0 aliphatic carbocycles. The Balaban J connectivity index is 2.48. The number of halogens is 9. The van der Waals surface area contributed by atoms with Gasteiger partial charge >= 0.3 is 0 Å². The third-order valence-electron chi connectivity index (χ3n) is 3.50. The molecular weight excluding hydrogens is 899 g/mol. The van der Waals surface area contributed by atoms with E-state index in [1.807, 2.05) is 0 Å². The Bertz CT molecular complexity index is 699. The smallest absolute Gasteiger partial charge is 0.0482 e. The van der Waals surface area contributed by atoms with E-state index in [2.05, 4.69) is 150 Å². The Kier molecular flexibility index (Phi) is 9.13. The maximum absolute atomic E-state index is 3.72. The van der Waals surface area contributed by atoms with Crippen molar-refractivity contribution in [3.63, 3.8) is 0 Å². The molecule has 0 nitrogen and oxygen atoms in total. The van der Waals surface area contributed by atoms with Crippen LogP contribution in [0.2, 0.25) is 0 Å². The first-order valence-corrected chi connectivity index (χ1v) is 13.5. The van der Waals surface area contributed by atoms with E-state index in [0.717, 1.165) is 58.7 Å². The van der Waals surface area contributed by atoms with E-state index >= 15 is 0 Å². The van der Waals surface area contributed by atoms with Crippen LogP contribution >= 0.6 is 143 Å². The summed E-state index contributed by atoms with van der Waals surface area (Å²) >= 11 is 33.0. The van der Waals surface area contributed by atoms with Gasteiger partial charge in [-0.1, -0.05) is 0 Å². The molecule has 0 radical (unpaired) electrons. The minimum Gasteiger partial charge on any atom is -0.0493 e. The van der Waals surface area contributed by atoms with Crippen molar-refractivity contribution in [2.45, 2.75) is 19.8 Å². The van der Waals surface area contributed by atoms with Crippen LogP contribution in [-0.4, -0.2) is 0 Å². The molecule has 0 spiro atoms. The molecule has 0 heterocycles. The average Bonchev–Trinajstić information content (AvgIpc) is 2.57. The molecule has 0 aliphatic heterocycles. The van der Waals surface area contributed by atoms with Crippen molar-refractivity contribution in [1.82, 2.24) is 0 Å². The first-order valence-electron chi connectivity index (χ1n) is 6.41. The molecule has 130 valence electrons. The third-order valence-corrected chi connectivity index (χ3v) is 14.6. The van der Waals surface area contributed by atoms with E-state index < -0.39 is 0 Å². The molecule has 0 unspecified atom stereocenters. The van der Waals surface area contributed by atoms with Crippen LogP contribution in [0.4, 0.5) is 0 Å². The highest BCUT2D eigenvalue weighted by atomic mass is 79.9. The molecule has 9 heteroatoms. The second-order valence-corrected chi connectivity index (χ2v) is 12.0.